The number of aromatic nitrogens is 2. The molecule has 3 aromatic rings. The quantitative estimate of drug-likeness (QED) is 0.430. The molecule has 0 saturated carbocycles. The van der Waals surface area contributed by atoms with Crippen LogP contribution in [0.2, 0.25) is 5.02 Å². The number of rotatable bonds is 4. The second-order valence-electron chi connectivity index (χ2n) is 8.35. The summed E-state index contributed by atoms with van der Waals surface area (Å²) in [5.41, 5.74) is 1.49. The lowest BCUT2D eigenvalue weighted by Gasteiger charge is -2.33. The summed E-state index contributed by atoms with van der Waals surface area (Å²) in [6, 6.07) is 5.83. The largest absolute Gasteiger partial charge is 0.444 e. The van der Waals surface area contributed by atoms with E-state index in [0.717, 1.165) is 50.2 Å². The van der Waals surface area contributed by atoms with Gasteiger partial charge in [-0.3, -0.25) is 0 Å². The number of hydrogen-bond donors (Lipinski definition) is 2. The second-order valence-corrected chi connectivity index (χ2v) is 10.9. The molecule has 4 rings (SSSR count). The van der Waals surface area contributed by atoms with E-state index in [-0.39, 0.29) is 12.0 Å². The predicted molar refractivity (Wildman–Crippen MR) is 125 cm³/mol. The van der Waals surface area contributed by atoms with Crippen molar-refractivity contribution in [2.75, 3.05) is 17.8 Å². The van der Waals surface area contributed by atoms with E-state index in [1.807, 2.05) is 56.3 Å². The third-order valence-corrected chi connectivity index (χ3v) is 7.27. The van der Waals surface area contributed by atoms with Gasteiger partial charge in [0.1, 0.15) is 9.81 Å². The molecule has 0 spiro atoms. The fraction of sp³-hybridized carbons (Fsp3) is 0.429. The number of piperidine rings is 1. The zero-order valence-electron chi connectivity index (χ0n) is 17.2. The first kappa shape index (κ1) is 21.3. The molecule has 1 unspecified atom stereocenters. The van der Waals surface area contributed by atoms with Crippen LogP contribution >= 0.6 is 34.9 Å². The number of nitrogens with zero attached hydrogens (tertiary/aromatic N) is 2. The van der Waals surface area contributed by atoms with Crippen LogP contribution in [0.5, 0.6) is 0 Å². The summed E-state index contributed by atoms with van der Waals surface area (Å²) in [7, 11) is 0. The number of ether oxygens (including phenoxy) is 1. The van der Waals surface area contributed by atoms with Gasteiger partial charge >= 0.3 is 6.09 Å². The Hall–Kier alpha value is -1.90. The summed E-state index contributed by atoms with van der Waals surface area (Å²) in [5, 5.41) is 2.79. The van der Waals surface area contributed by atoms with Gasteiger partial charge in [0.15, 0.2) is 0 Å². The predicted octanol–water partition coefficient (Wildman–Crippen LogP) is 6.51. The standard InChI is InChI=1S/C21H25ClN4O2S2/c1-21(2,3)28-20(27)26-10-4-5-13(12-26)19-24-11-17(29-19)30-25-16-7-6-15(22)14-8-9-23-18(14)16/h6-9,11,13,23,25H,4-5,10,12H2,1-3H3. The number of hydrogen-bond acceptors (Lipinski definition) is 6. The number of anilines is 1. The number of carbonyl (C=O) groups excluding carboxylic acids is 1. The van der Waals surface area contributed by atoms with E-state index in [0.29, 0.717) is 6.54 Å². The molecule has 1 aliphatic rings. The maximum Gasteiger partial charge on any atom is 0.410 e. The number of halogens is 1. The fourth-order valence-electron chi connectivity index (χ4n) is 3.49. The number of benzene rings is 1. The molecule has 0 bridgehead atoms. The van der Waals surface area contributed by atoms with Crippen LogP contribution in [0.1, 0.15) is 44.5 Å². The van der Waals surface area contributed by atoms with Gasteiger partial charge in [0.25, 0.3) is 0 Å². The van der Waals surface area contributed by atoms with Crippen LogP contribution < -0.4 is 4.72 Å². The van der Waals surface area contributed by atoms with E-state index in [2.05, 4.69) is 14.7 Å². The third kappa shape index (κ3) is 4.87. The minimum absolute atomic E-state index is 0.238. The van der Waals surface area contributed by atoms with Crippen LogP contribution in [0, 0.1) is 0 Å². The average molecular weight is 465 g/mol. The summed E-state index contributed by atoms with van der Waals surface area (Å²) in [6.07, 6.45) is 5.53. The summed E-state index contributed by atoms with van der Waals surface area (Å²) < 4.78 is 10.0. The first-order valence-electron chi connectivity index (χ1n) is 9.92. The molecular formula is C21H25ClN4O2S2. The van der Waals surface area contributed by atoms with Crippen LogP contribution in [-0.4, -0.2) is 39.7 Å². The van der Waals surface area contributed by atoms with Crippen molar-refractivity contribution in [1.29, 1.82) is 0 Å². The molecule has 6 nitrogen and oxygen atoms in total. The van der Waals surface area contributed by atoms with E-state index >= 15 is 0 Å². The molecule has 9 heteroatoms. The van der Waals surface area contributed by atoms with Gasteiger partial charge in [-0.2, -0.15) is 0 Å². The van der Waals surface area contributed by atoms with E-state index in [1.54, 1.807) is 11.3 Å². The highest BCUT2D eigenvalue weighted by Crippen LogP contribution is 2.36. The fourth-order valence-corrected chi connectivity index (χ4v) is 5.52. The van der Waals surface area contributed by atoms with Crippen molar-refractivity contribution in [3.63, 3.8) is 0 Å². The molecule has 1 amide bonds. The van der Waals surface area contributed by atoms with Crippen molar-refractivity contribution in [2.45, 2.75) is 49.3 Å². The number of thiazole rings is 1. The molecule has 2 N–H and O–H groups in total. The number of nitrogens with one attached hydrogen (secondary N) is 2. The minimum atomic E-state index is -0.479. The molecule has 0 aliphatic carbocycles. The molecule has 0 radical (unpaired) electrons. The maximum absolute atomic E-state index is 12.4. The molecular weight excluding hydrogens is 440 g/mol. The Kier molecular flexibility index (Phi) is 6.18. The maximum atomic E-state index is 12.4. The number of likely N-dealkylation sites (tertiary alicyclic amines) is 1. The summed E-state index contributed by atoms with van der Waals surface area (Å²) in [4.78, 5) is 22.1. The van der Waals surface area contributed by atoms with Crippen LogP contribution in [0.25, 0.3) is 10.9 Å². The molecule has 3 heterocycles. The van der Waals surface area contributed by atoms with Gasteiger partial charge in [-0.05, 0) is 63.8 Å². The van der Waals surface area contributed by atoms with Crippen molar-refractivity contribution in [3.8, 4) is 0 Å². The van der Waals surface area contributed by atoms with Crippen LogP contribution in [-0.2, 0) is 4.74 Å². The Balaban J connectivity index is 1.39. The molecule has 30 heavy (non-hydrogen) atoms. The average Bonchev–Trinajstić information content (AvgIpc) is 3.37. The highest BCUT2D eigenvalue weighted by molar-refractivity contribution is 8.02. The van der Waals surface area contributed by atoms with Gasteiger partial charge < -0.3 is 19.3 Å². The second kappa shape index (κ2) is 8.69. The molecule has 1 saturated heterocycles. The number of fused-ring (bicyclic) bond motifs is 1. The third-order valence-electron chi connectivity index (χ3n) is 4.86. The number of amides is 1. The first-order chi connectivity index (χ1) is 14.3. The molecule has 1 fully saturated rings. The van der Waals surface area contributed by atoms with Crippen molar-refractivity contribution >= 4 is 57.6 Å². The minimum Gasteiger partial charge on any atom is -0.444 e. The highest BCUT2D eigenvalue weighted by Gasteiger charge is 2.29. The van der Waals surface area contributed by atoms with Crippen LogP contribution in [0.4, 0.5) is 10.5 Å². The molecule has 1 aromatic carbocycles. The number of carbonyl (C=O) groups is 1. The summed E-state index contributed by atoms with van der Waals surface area (Å²) >= 11 is 9.45. The molecule has 1 atom stereocenters. The lowest BCUT2D eigenvalue weighted by atomic mass is 9.99. The molecule has 160 valence electrons. The van der Waals surface area contributed by atoms with Crippen molar-refractivity contribution in [1.82, 2.24) is 14.9 Å². The van der Waals surface area contributed by atoms with Gasteiger partial charge in [0.2, 0.25) is 0 Å². The Morgan fingerprint density at radius 3 is 3.03 bits per heavy atom. The van der Waals surface area contributed by atoms with Crippen molar-refractivity contribution in [2.24, 2.45) is 0 Å². The van der Waals surface area contributed by atoms with E-state index < -0.39 is 5.60 Å². The number of aromatic amines is 1. The lowest BCUT2D eigenvalue weighted by Crippen LogP contribution is -2.42. The Morgan fingerprint density at radius 2 is 2.23 bits per heavy atom. The normalized spacial score (nSPS) is 17.3. The molecule has 1 aliphatic heterocycles. The first-order valence-corrected chi connectivity index (χ1v) is 11.9. The van der Waals surface area contributed by atoms with E-state index in [9.17, 15) is 4.79 Å². The smallest absolute Gasteiger partial charge is 0.410 e. The van der Waals surface area contributed by atoms with Crippen LogP contribution in [0.15, 0.2) is 34.8 Å². The lowest BCUT2D eigenvalue weighted by molar-refractivity contribution is 0.0198. The van der Waals surface area contributed by atoms with Gasteiger partial charge in [-0.15, -0.1) is 11.3 Å². The zero-order valence-corrected chi connectivity index (χ0v) is 19.6. The van der Waals surface area contributed by atoms with Crippen molar-refractivity contribution in [3.05, 3.63) is 40.6 Å². The Labute approximate surface area is 189 Å². The summed E-state index contributed by atoms with van der Waals surface area (Å²) in [6.45, 7) is 7.07. The van der Waals surface area contributed by atoms with E-state index in [4.69, 9.17) is 16.3 Å². The zero-order chi connectivity index (χ0) is 21.3. The molecule has 2 aromatic heterocycles. The Morgan fingerprint density at radius 1 is 1.40 bits per heavy atom. The summed E-state index contributed by atoms with van der Waals surface area (Å²) in [5.74, 6) is 0.247. The number of H-pyrrole nitrogens is 1. The van der Waals surface area contributed by atoms with Gasteiger partial charge in [0, 0.05) is 30.6 Å². The van der Waals surface area contributed by atoms with Gasteiger partial charge in [-0.25, -0.2) is 9.78 Å². The van der Waals surface area contributed by atoms with Gasteiger partial charge in [0.05, 0.1) is 27.4 Å². The van der Waals surface area contributed by atoms with Crippen molar-refractivity contribution < 1.29 is 9.53 Å². The Bertz CT molecular complexity index is 1040. The SMILES string of the molecule is CC(C)(C)OC(=O)N1CCCC(c2ncc(SNc3ccc(Cl)c4cc[nH]c34)s2)C1. The topological polar surface area (TPSA) is 70.2 Å². The van der Waals surface area contributed by atoms with E-state index in [1.165, 1.54) is 11.9 Å². The van der Waals surface area contributed by atoms with Gasteiger partial charge in [-0.1, -0.05) is 11.6 Å². The monoisotopic (exact) mass is 464 g/mol. The van der Waals surface area contributed by atoms with Crippen LogP contribution in [0.3, 0.4) is 0 Å². The highest BCUT2D eigenvalue weighted by atomic mass is 35.5.